The van der Waals surface area contributed by atoms with Crippen LogP contribution in [0.3, 0.4) is 0 Å². The standard InChI is InChI=1S/C17H13N3O2/c18-11-13-5-7-14(8-6-13)22-10-9-20-12-19-16-4-2-1-3-15(16)17(20)21/h1-8,12H,9-10H2. The summed E-state index contributed by atoms with van der Waals surface area (Å²) in [6.07, 6.45) is 1.53. The fourth-order valence-corrected chi connectivity index (χ4v) is 2.15. The molecule has 0 radical (unpaired) electrons. The second kappa shape index (κ2) is 6.10. The molecule has 0 saturated carbocycles. The zero-order chi connectivity index (χ0) is 15.4. The summed E-state index contributed by atoms with van der Waals surface area (Å²) in [5, 5.41) is 9.33. The molecule has 0 bridgehead atoms. The predicted octanol–water partition coefficient (Wildman–Crippen LogP) is 2.35. The zero-order valence-corrected chi connectivity index (χ0v) is 11.8. The van der Waals surface area contributed by atoms with Gasteiger partial charge in [-0.1, -0.05) is 12.1 Å². The number of para-hydroxylation sites is 1. The van der Waals surface area contributed by atoms with E-state index in [0.29, 0.717) is 35.4 Å². The van der Waals surface area contributed by atoms with Gasteiger partial charge in [0.1, 0.15) is 12.4 Å². The molecule has 0 amide bonds. The number of benzene rings is 2. The van der Waals surface area contributed by atoms with Crippen molar-refractivity contribution >= 4 is 10.9 Å². The average molecular weight is 291 g/mol. The zero-order valence-electron chi connectivity index (χ0n) is 11.8. The molecule has 5 nitrogen and oxygen atoms in total. The van der Waals surface area contributed by atoms with Crippen molar-refractivity contribution < 1.29 is 4.74 Å². The Hall–Kier alpha value is -3.13. The summed E-state index contributed by atoms with van der Waals surface area (Å²) in [7, 11) is 0. The van der Waals surface area contributed by atoms with Crippen molar-refractivity contribution in [2.45, 2.75) is 6.54 Å². The number of nitrogens with zero attached hydrogens (tertiary/aromatic N) is 3. The molecule has 1 aromatic heterocycles. The molecule has 0 aliphatic carbocycles. The highest BCUT2D eigenvalue weighted by atomic mass is 16.5. The highest BCUT2D eigenvalue weighted by molar-refractivity contribution is 5.76. The number of hydrogen-bond donors (Lipinski definition) is 0. The highest BCUT2D eigenvalue weighted by Gasteiger charge is 2.03. The first-order valence-corrected chi connectivity index (χ1v) is 6.85. The quantitative estimate of drug-likeness (QED) is 0.740. The van der Waals surface area contributed by atoms with Gasteiger partial charge in [-0.2, -0.15) is 5.26 Å². The van der Waals surface area contributed by atoms with Crippen LogP contribution < -0.4 is 10.3 Å². The average Bonchev–Trinajstić information content (AvgIpc) is 2.58. The maximum Gasteiger partial charge on any atom is 0.261 e. The van der Waals surface area contributed by atoms with E-state index >= 15 is 0 Å². The van der Waals surface area contributed by atoms with Crippen molar-refractivity contribution in [1.29, 1.82) is 5.26 Å². The molecule has 5 heteroatoms. The topological polar surface area (TPSA) is 67.9 Å². The lowest BCUT2D eigenvalue weighted by atomic mass is 10.2. The van der Waals surface area contributed by atoms with Crippen molar-refractivity contribution in [2.24, 2.45) is 0 Å². The van der Waals surface area contributed by atoms with Gasteiger partial charge in [-0.05, 0) is 36.4 Å². The third-order valence-corrected chi connectivity index (χ3v) is 3.32. The molecule has 2 aromatic carbocycles. The fraction of sp³-hybridized carbons (Fsp3) is 0.118. The molecule has 0 atom stereocenters. The van der Waals surface area contributed by atoms with Gasteiger partial charge in [0.05, 0.1) is 35.4 Å². The second-order valence-corrected chi connectivity index (χ2v) is 4.74. The summed E-state index contributed by atoms with van der Waals surface area (Å²) >= 11 is 0. The maximum atomic E-state index is 12.3. The van der Waals surface area contributed by atoms with Crippen molar-refractivity contribution in [3.8, 4) is 11.8 Å². The smallest absolute Gasteiger partial charge is 0.261 e. The third kappa shape index (κ3) is 2.81. The number of ether oxygens (including phenoxy) is 1. The summed E-state index contributed by atoms with van der Waals surface area (Å²) in [6.45, 7) is 0.766. The minimum absolute atomic E-state index is 0.0750. The molecule has 0 saturated heterocycles. The highest BCUT2D eigenvalue weighted by Crippen LogP contribution is 2.11. The van der Waals surface area contributed by atoms with E-state index in [0.717, 1.165) is 0 Å². The van der Waals surface area contributed by atoms with Gasteiger partial charge in [0.15, 0.2) is 0 Å². The number of rotatable bonds is 4. The second-order valence-electron chi connectivity index (χ2n) is 4.74. The first kappa shape index (κ1) is 13.8. The Labute approximate surface area is 127 Å². The molecule has 0 fully saturated rings. The van der Waals surface area contributed by atoms with E-state index in [-0.39, 0.29) is 5.56 Å². The Morgan fingerprint density at radius 2 is 1.91 bits per heavy atom. The lowest BCUT2D eigenvalue weighted by molar-refractivity contribution is 0.296. The largest absolute Gasteiger partial charge is 0.492 e. The molecule has 0 aliphatic heterocycles. The molecular weight excluding hydrogens is 278 g/mol. The van der Waals surface area contributed by atoms with Crippen LogP contribution in [0.25, 0.3) is 10.9 Å². The first-order chi connectivity index (χ1) is 10.8. The van der Waals surface area contributed by atoms with E-state index in [1.54, 1.807) is 30.3 Å². The molecule has 3 rings (SSSR count). The van der Waals surface area contributed by atoms with Gasteiger partial charge in [-0.25, -0.2) is 4.98 Å². The van der Waals surface area contributed by atoms with E-state index < -0.39 is 0 Å². The van der Waals surface area contributed by atoms with Crippen LogP contribution in [-0.4, -0.2) is 16.2 Å². The van der Waals surface area contributed by atoms with Gasteiger partial charge in [-0.3, -0.25) is 9.36 Å². The summed E-state index contributed by atoms with van der Waals surface area (Å²) in [5.41, 5.74) is 1.20. The monoisotopic (exact) mass is 291 g/mol. The fourth-order valence-electron chi connectivity index (χ4n) is 2.15. The first-order valence-electron chi connectivity index (χ1n) is 6.85. The molecule has 0 aliphatic rings. The molecule has 3 aromatic rings. The Bertz CT molecular complexity index is 892. The minimum Gasteiger partial charge on any atom is -0.492 e. The van der Waals surface area contributed by atoms with Crippen LogP contribution in [0.2, 0.25) is 0 Å². The Morgan fingerprint density at radius 3 is 2.68 bits per heavy atom. The van der Waals surface area contributed by atoms with Gasteiger partial charge < -0.3 is 4.74 Å². The van der Waals surface area contributed by atoms with Crippen LogP contribution in [0.15, 0.2) is 59.7 Å². The Morgan fingerprint density at radius 1 is 1.14 bits per heavy atom. The van der Waals surface area contributed by atoms with Crippen LogP contribution in [-0.2, 0) is 6.54 Å². The molecule has 0 N–H and O–H groups in total. The maximum absolute atomic E-state index is 12.3. The molecule has 0 unspecified atom stereocenters. The summed E-state index contributed by atoms with van der Waals surface area (Å²) in [5.74, 6) is 0.667. The van der Waals surface area contributed by atoms with Crippen molar-refractivity contribution in [3.05, 3.63) is 70.8 Å². The lowest BCUT2D eigenvalue weighted by Gasteiger charge is -2.08. The molecule has 108 valence electrons. The van der Waals surface area contributed by atoms with Gasteiger partial charge in [0.25, 0.3) is 5.56 Å². The molecule has 0 spiro atoms. The number of aromatic nitrogens is 2. The molecular formula is C17H13N3O2. The predicted molar refractivity (Wildman–Crippen MR) is 82.7 cm³/mol. The van der Waals surface area contributed by atoms with Gasteiger partial charge >= 0.3 is 0 Å². The Balaban J connectivity index is 1.70. The van der Waals surface area contributed by atoms with Crippen molar-refractivity contribution in [2.75, 3.05) is 6.61 Å². The van der Waals surface area contributed by atoms with E-state index in [2.05, 4.69) is 11.1 Å². The van der Waals surface area contributed by atoms with E-state index in [1.807, 2.05) is 18.2 Å². The van der Waals surface area contributed by atoms with E-state index in [4.69, 9.17) is 10.00 Å². The Kier molecular flexibility index (Phi) is 3.84. The summed E-state index contributed by atoms with van der Waals surface area (Å²) in [6, 6.07) is 16.2. The van der Waals surface area contributed by atoms with Gasteiger partial charge in [-0.15, -0.1) is 0 Å². The SMILES string of the molecule is N#Cc1ccc(OCCn2cnc3ccccc3c2=O)cc1. The van der Waals surface area contributed by atoms with E-state index in [1.165, 1.54) is 10.9 Å². The van der Waals surface area contributed by atoms with Crippen molar-refractivity contribution in [3.63, 3.8) is 0 Å². The number of hydrogen-bond acceptors (Lipinski definition) is 4. The van der Waals surface area contributed by atoms with Crippen molar-refractivity contribution in [1.82, 2.24) is 9.55 Å². The summed E-state index contributed by atoms with van der Waals surface area (Å²) < 4.78 is 7.11. The van der Waals surface area contributed by atoms with Crippen LogP contribution in [0.1, 0.15) is 5.56 Å². The third-order valence-electron chi connectivity index (χ3n) is 3.32. The van der Waals surface area contributed by atoms with E-state index in [9.17, 15) is 4.79 Å². The molecule has 22 heavy (non-hydrogen) atoms. The molecule has 1 heterocycles. The van der Waals surface area contributed by atoms with Gasteiger partial charge in [0, 0.05) is 0 Å². The van der Waals surface area contributed by atoms with Crippen LogP contribution in [0, 0.1) is 11.3 Å². The summed E-state index contributed by atoms with van der Waals surface area (Å²) in [4.78, 5) is 16.5. The van der Waals surface area contributed by atoms with Crippen LogP contribution >= 0.6 is 0 Å². The van der Waals surface area contributed by atoms with Crippen LogP contribution in [0.4, 0.5) is 0 Å². The number of nitriles is 1. The minimum atomic E-state index is -0.0750. The number of fused-ring (bicyclic) bond motifs is 1. The lowest BCUT2D eigenvalue weighted by Crippen LogP contribution is -2.23. The van der Waals surface area contributed by atoms with Crippen LogP contribution in [0.5, 0.6) is 5.75 Å². The van der Waals surface area contributed by atoms with Gasteiger partial charge in [0.2, 0.25) is 0 Å². The normalized spacial score (nSPS) is 10.3.